The first-order valence-corrected chi connectivity index (χ1v) is 11.0. The molecule has 2 aliphatic heterocycles. The van der Waals surface area contributed by atoms with Gasteiger partial charge in [-0.1, -0.05) is 34.8 Å². The maximum absolute atomic E-state index is 13.9. The van der Waals surface area contributed by atoms with Crippen LogP contribution in [0.5, 0.6) is 0 Å². The van der Waals surface area contributed by atoms with E-state index in [1.807, 2.05) is 9.80 Å². The van der Waals surface area contributed by atoms with Crippen LogP contribution in [0.25, 0.3) is 0 Å². The summed E-state index contributed by atoms with van der Waals surface area (Å²) in [5.41, 5.74) is 0.568. The van der Waals surface area contributed by atoms with Crippen molar-refractivity contribution in [3.05, 3.63) is 34.1 Å². The molecule has 0 spiro atoms. The van der Waals surface area contributed by atoms with E-state index in [9.17, 15) is 14.0 Å². The molecule has 0 bridgehead atoms. The van der Waals surface area contributed by atoms with Gasteiger partial charge in [0.25, 0.3) is 0 Å². The number of hydrogen-bond acceptors (Lipinski definition) is 3. The van der Waals surface area contributed by atoms with Crippen molar-refractivity contribution in [2.75, 3.05) is 45.8 Å². The Kier molecular flexibility index (Phi) is 7.85. The summed E-state index contributed by atoms with van der Waals surface area (Å²) in [5.74, 6) is -0.00720. The van der Waals surface area contributed by atoms with Crippen LogP contribution in [0.2, 0.25) is 0 Å². The molecule has 154 valence electrons. The first kappa shape index (κ1) is 21.2. The zero-order chi connectivity index (χ0) is 19.9. The maximum Gasteiger partial charge on any atom is 0.236 e. The second-order valence-electron chi connectivity index (χ2n) is 7.69. The van der Waals surface area contributed by atoms with Gasteiger partial charge in [0.2, 0.25) is 11.8 Å². The van der Waals surface area contributed by atoms with E-state index in [4.69, 9.17) is 0 Å². The number of piperazine rings is 1. The van der Waals surface area contributed by atoms with Gasteiger partial charge in [-0.2, -0.15) is 0 Å². The van der Waals surface area contributed by atoms with Crippen molar-refractivity contribution >= 4 is 27.7 Å². The molecule has 0 aliphatic carbocycles. The van der Waals surface area contributed by atoms with E-state index in [2.05, 4.69) is 20.8 Å². The van der Waals surface area contributed by atoms with Crippen LogP contribution in [-0.4, -0.2) is 72.3 Å². The maximum atomic E-state index is 13.9. The van der Waals surface area contributed by atoms with Gasteiger partial charge in [0.05, 0.1) is 6.54 Å². The van der Waals surface area contributed by atoms with Gasteiger partial charge >= 0.3 is 0 Å². The number of carbonyl (C=O) groups is 2. The number of carbonyl (C=O) groups excluding carboxylic acids is 2. The molecule has 28 heavy (non-hydrogen) atoms. The highest BCUT2D eigenvalue weighted by Gasteiger charge is 2.24. The van der Waals surface area contributed by atoms with Crippen LogP contribution in [0, 0.1) is 5.82 Å². The Bertz CT molecular complexity index is 684. The van der Waals surface area contributed by atoms with E-state index >= 15 is 0 Å². The number of likely N-dealkylation sites (tertiary alicyclic amines) is 1. The lowest BCUT2D eigenvalue weighted by Gasteiger charge is -2.35. The summed E-state index contributed by atoms with van der Waals surface area (Å²) in [4.78, 5) is 31.0. The second kappa shape index (κ2) is 10.3. The van der Waals surface area contributed by atoms with Gasteiger partial charge in [0, 0.05) is 50.2 Å². The highest BCUT2D eigenvalue weighted by molar-refractivity contribution is 9.10. The van der Waals surface area contributed by atoms with Crippen LogP contribution in [-0.2, 0) is 16.0 Å². The third-order valence-electron chi connectivity index (χ3n) is 5.67. The molecule has 0 radical (unpaired) electrons. The van der Waals surface area contributed by atoms with Crippen molar-refractivity contribution in [3.63, 3.8) is 0 Å². The number of hydrogen-bond donors (Lipinski definition) is 0. The molecule has 2 aliphatic rings. The lowest BCUT2D eigenvalue weighted by Crippen LogP contribution is -2.51. The number of nitrogens with zero attached hydrogens (tertiary/aromatic N) is 3. The van der Waals surface area contributed by atoms with Gasteiger partial charge in [-0.05, 0) is 37.0 Å². The fraction of sp³-hybridized carbons (Fsp3) is 0.619. The molecular formula is C21H29BrFN3O2. The van der Waals surface area contributed by atoms with E-state index in [1.54, 1.807) is 12.1 Å². The number of rotatable bonds is 5. The molecular weight excluding hydrogens is 425 g/mol. The van der Waals surface area contributed by atoms with E-state index in [0.717, 1.165) is 39.0 Å². The Labute approximate surface area is 175 Å². The zero-order valence-electron chi connectivity index (χ0n) is 16.3. The Balaban J connectivity index is 1.40. The van der Waals surface area contributed by atoms with Crippen molar-refractivity contribution in [2.24, 2.45) is 0 Å². The normalized spacial score (nSPS) is 18.8. The number of amides is 2. The summed E-state index contributed by atoms with van der Waals surface area (Å²) >= 11 is 3.24. The standard InChI is InChI=1S/C21H29BrFN3O2/c22-18-7-5-17(19(23)15-18)6-8-20(27)26-13-11-24(12-14-26)16-21(28)25-9-3-1-2-4-10-25/h5,7,15H,1-4,6,8-14,16H2. The molecule has 5 nitrogen and oxygen atoms in total. The average Bonchev–Trinajstić information content (AvgIpc) is 2.97. The third-order valence-corrected chi connectivity index (χ3v) is 6.16. The fourth-order valence-electron chi connectivity index (χ4n) is 3.89. The molecule has 0 saturated carbocycles. The number of halogens is 2. The summed E-state index contributed by atoms with van der Waals surface area (Å²) in [6.07, 6.45) is 5.36. The smallest absolute Gasteiger partial charge is 0.236 e. The molecule has 1 aromatic carbocycles. The molecule has 0 unspecified atom stereocenters. The van der Waals surface area contributed by atoms with E-state index < -0.39 is 0 Å². The van der Waals surface area contributed by atoms with Gasteiger partial charge in [-0.15, -0.1) is 0 Å². The molecule has 2 amide bonds. The molecule has 0 aromatic heterocycles. The van der Waals surface area contributed by atoms with E-state index in [1.165, 1.54) is 18.9 Å². The van der Waals surface area contributed by atoms with E-state index in [0.29, 0.717) is 42.5 Å². The van der Waals surface area contributed by atoms with Gasteiger partial charge in [-0.3, -0.25) is 14.5 Å². The zero-order valence-corrected chi connectivity index (χ0v) is 17.9. The molecule has 2 fully saturated rings. The van der Waals surface area contributed by atoms with Crippen LogP contribution in [0.3, 0.4) is 0 Å². The molecule has 0 atom stereocenters. The van der Waals surface area contributed by atoms with Crippen molar-refractivity contribution in [2.45, 2.75) is 38.5 Å². The molecule has 7 heteroatoms. The van der Waals surface area contributed by atoms with Crippen molar-refractivity contribution in [3.8, 4) is 0 Å². The SMILES string of the molecule is O=C(CCc1ccc(Br)cc1F)N1CCN(CC(=O)N2CCCCCC2)CC1. The first-order valence-electron chi connectivity index (χ1n) is 10.2. The van der Waals surface area contributed by atoms with Crippen LogP contribution < -0.4 is 0 Å². The lowest BCUT2D eigenvalue weighted by atomic mass is 10.1. The predicted molar refractivity (Wildman–Crippen MR) is 110 cm³/mol. The molecule has 1 aromatic rings. The van der Waals surface area contributed by atoms with Crippen molar-refractivity contribution < 1.29 is 14.0 Å². The van der Waals surface area contributed by atoms with Gasteiger partial charge in [0.15, 0.2) is 0 Å². The highest BCUT2D eigenvalue weighted by Crippen LogP contribution is 2.17. The summed E-state index contributed by atoms with van der Waals surface area (Å²) in [6.45, 7) is 4.92. The van der Waals surface area contributed by atoms with E-state index in [-0.39, 0.29) is 17.6 Å². The Morgan fingerprint density at radius 2 is 1.54 bits per heavy atom. The number of aryl methyl sites for hydroxylation is 1. The van der Waals surface area contributed by atoms with Gasteiger partial charge < -0.3 is 9.80 Å². The lowest BCUT2D eigenvalue weighted by molar-refractivity contribution is -0.135. The van der Waals surface area contributed by atoms with Crippen molar-refractivity contribution in [1.82, 2.24) is 14.7 Å². The largest absolute Gasteiger partial charge is 0.342 e. The number of benzene rings is 1. The summed E-state index contributed by atoms with van der Waals surface area (Å²) in [7, 11) is 0. The van der Waals surface area contributed by atoms with Gasteiger partial charge in [-0.25, -0.2) is 4.39 Å². The minimum Gasteiger partial charge on any atom is -0.342 e. The molecule has 2 saturated heterocycles. The summed E-state index contributed by atoms with van der Waals surface area (Å²) in [5, 5.41) is 0. The molecule has 2 heterocycles. The highest BCUT2D eigenvalue weighted by atomic mass is 79.9. The van der Waals surface area contributed by atoms with Crippen LogP contribution in [0.1, 0.15) is 37.7 Å². The third kappa shape index (κ3) is 6.01. The van der Waals surface area contributed by atoms with Gasteiger partial charge in [0.1, 0.15) is 5.82 Å². The predicted octanol–water partition coefficient (Wildman–Crippen LogP) is 3.07. The minimum atomic E-state index is -0.279. The Morgan fingerprint density at radius 3 is 2.18 bits per heavy atom. The Morgan fingerprint density at radius 1 is 0.893 bits per heavy atom. The van der Waals surface area contributed by atoms with Crippen LogP contribution in [0.4, 0.5) is 4.39 Å². The first-order chi connectivity index (χ1) is 13.5. The summed E-state index contributed by atoms with van der Waals surface area (Å²) < 4.78 is 14.6. The minimum absolute atomic E-state index is 0.0563. The average molecular weight is 454 g/mol. The quantitative estimate of drug-likeness (QED) is 0.687. The Hall–Kier alpha value is -1.47. The topological polar surface area (TPSA) is 43.9 Å². The fourth-order valence-corrected chi connectivity index (χ4v) is 4.22. The molecule has 0 N–H and O–H groups in total. The summed E-state index contributed by atoms with van der Waals surface area (Å²) in [6, 6.07) is 4.95. The van der Waals surface area contributed by atoms with Crippen LogP contribution >= 0.6 is 15.9 Å². The van der Waals surface area contributed by atoms with Crippen LogP contribution in [0.15, 0.2) is 22.7 Å². The monoisotopic (exact) mass is 453 g/mol. The molecule has 3 rings (SSSR count). The van der Waals surface area contributed by atoms with Crippen molar-refractivity contribution in [1.29, 1.82) is 0 Å². The second-order valence-corrected chi connectivity index (χ2v) is 8.60.